The maximum atomic E-state index is 12.8. The fourth-order valence-electron chi connectivity index (χ4n) is 3.05. The molecule has 0 aliphatic carbocycles. The number of benzene rings is 2. The first-order chi connectivity index (χ1) is 15.3. The molecule has 0 bridgehead atoms. The Labute approximate surface area is 187 Å². The third-order valence-electron chi connectivity index (χ3n) is 4.53. The number of hydrogen-bond donors (Lipinski definition) is 2. The van der Waals surface area contributed by atoms with Gasteiger partial charge in [0.2, 0.25) is 5.88 Å². The molecule has 3 aromatic rings. The number of carbonyl (C=O) groups excluding carboxylic acids is 1. The van der Waals surface area contributed by atoms with Gasteiger partial charge in [-0.3, -0.25) is 9.52 Å². The van der Waals surface area contributed by atoms with E-state index in [0.29, 0.717) is 30.2 Å². The number of aromatic nitrogens is 1. The Morgan fingerprint density at radius 1 is 1.06 bits per heavy atom. The van der Waals surface area contributed by atoms with Crippen molar-refractivity contribution in [2.75, 3.05) is 25.0 Å². The van der Waals surface area contributed by atoms with Crippen molar-refractivity contribution in [3.8, 4) is 11.6 Å². The second-order valence-corrected chi connectivity index (χ2v) is 8.76. The molecule has 0 unspecified atom stereocenters. The summed E-state index contributed by atoms with van der Waals surface area (Å²) >= 11 is 0. The number of aryl methyl sites for hydroxylation is 2. The summed E-state index contributed by atoms with van der Waals surface area (Å²) in [5.74, 6) is 0.0872. The molecule has 1 heterocycles. The molecule has 2 aromatic carbocycles. The van der Waals surface area contributed by atoms with E-state index in [2.05, 4.69) is 15.0 Å². The van der Waals surface area contributed by atoms with Crippen molar-refractivity contribution in [1.29, 1.82) is 0 Å². The second-order valence-electron chi connectivity index (χ2n) is 7.11. The summed E-state index contributed by atoms with van der Waals surface area (Å²) in [5.41, 5.74) is 2.21. The van der Waals surface area contributed by atoms with Crippen LogP contribution in [0.5, 0.6) is 11.6 Å². The maximum absolute atomic E-state index is 12.8. The van der Waals surface area contributed by atoms with Gasteiger partial charge in [0, 0.05) is 25.9 Å². The van der Waals surface area contributed by atoms with Crippen LogP contribution in [0, 0.1) is 13.8 Å². The van der Waals surface area contributed by atoms with Crippen LogP contribution < -0.4 is 14.8 Å². The zero-order valence-corrected chi connectivity index (χ0v) is 18.9. The van der Waals surface area contributed by atoms with Crippen LogP contribution in [-0.4, -0.2) is 39.6 Å². The molecule has 0 saturated carbocycles. The number of anilines is 1. The van der Waals surface area contributed by atoms with Crippen LogP contribution in [0.4, 0.5) is 5.69 Å². The normalized spacial score (nSPS) is 11.1. The van der Waals surface area contributed by atoms with Crippen molar-refractivity contribution < 1.29 is 22.7 Å². The Bertz CT molecular complexity index is 1210. The molecule has 3 rings (SSSR count). The minimum atomic E-state index is -3.78. The number of methoxy groups -OCH3 is 1. The number of sulfonamides is 1. The topological polar surface area (TPSA) is 107 Å². The van der Waals surface area contributed by atoms with Crippen LogP contribution in [0.3, 0.4) is 0 Å². The number of ether oxygens (including phenoxy) is 2. The molecule has 0 aliphatic heterocycles. The largest absolute Gasteiger partial charge is 0.438 e. The monoisotopic (exact) mass is 455 g/mol. The molecule has 168 valence electrons. The maximum Gasteiger partial charge on any atom is 0.262 e. The van der Waals surface area contributed by atoms with Crippen LogP contribution in [0.15, 0.2) is 65.7 Å². The van der Waals surface area contributed by atoms with Crippen LogP contribution in [0.2, 0.25) is 0 Å². The predicted molar refractivity (Wildman–Crippen MR) is 122 cm³/mol. The van der Waals surface area contributed by atoms with Gasteiger partial charge in [-0.1, -0.05) is 23.8 Å². The second kappa shape index (κ2) is 10.3. The van der Waals surface area contributed by atoms with Crippen molar-refractivity contribution in [2.24, 2.45) is 0 Å². The van der Waals surface area contributed by atoms with Crippen molar-refractivity contribution in [3.63, 3.8) is 0 Å². The highest BCUT2D eigenvalue weighted by Crippen LogP contribution is 2.27. The summed E-state index contributed by atoms with van der Waals surface area (Å²) in [6.07, 6.45) is 1.51. The lowest BCUT2D eigenvalue weighted by Gasteiger charge is -2.13. The summed E-state index contributed by atoms with van der Waals surface area (Å²) < 4.78 is 39.0. The molecular formula is C23H25N3O5S. The summed E-state index contributed by atoms with van der Waals surface area (Å²) in [6, 6.07) is 14.8. The van der Waals surface area contributed by atoms with Crippen molar-refractivity contribution in [3.05, 3.63) is 77.5 Å². The van der Waals surface area contributed by atoms with E-state index in [0.717, 1.165) is 5.56 Å². The van der Waals surface area contributed by atoms with E-state index in [1.165, 1.54) is 12.3 Å². The van der Waals surface area contributed by atoms with E-state index in [4.69, 9.17) is 9.47 Å². The molecule has 8 nitrogen and oxygen atoms in total. The van der Waals surface area contributed by atoms with Crippen LogP contribution in [0.1, 0.15) is 21.5 Å². The van der Waals surface area contributed by atoms with Gasteiger partial charge in [-0.2, -0.15) is 0 Å². The van der Waals surface area contributed by atoms with E-state index >= 15 is 0 Å². The molecule has 0 radical (unpaired) electrons. The van der Waals surface area contributed by atoms with E-state index in [-0.39, 0.29) is 22.2 Å². The van der Waals surface area contributed by atoms with Gasteiger partial charge in [-0.15, -0.1) is 0 Å². The summed E-state index contributed by atoms with van der Waals surface area (Å²) in [7, 11) is -2.23. The van der Waals surface area contributed by atoms with Crippen molar-refractivity contribution in [2.45, 2.75) is 18.7 Å². The summed E-state index contributed by atoms with van der Waals surface area (Å²) in [4.78, 5) is 16.8. The first-order valence-corrected chi connectivity index (χ1v) is 11.4. The zero-order chi connectivity index (χ0) is 23.1. The highest BCUT2D eigenvalue weighted by molar-refractivity contribution is 7.92. The number of hydrogen-bond acceptors (Lipinski definition) is 6. The van der Waals surface area contributed by atoms with Gasteiger partial charge >= 0.3 is 0 Å². The summed E-state index contributed by atoms with van der Waals surface area (Å²) in [6.45, 7) is 4.38. The molecular weight excluding hydrogens is 430 g/mol. The SMILES string of the molecule is COCCNC(=O)c1cccnc1Oc1cccc(NS(=O)(=O)c2ccc(C)cc2C)c1. The highest BCUT2D eigenvalue weighted by atomic mass is 32.2. The van der Waals surface area contributed by atoms with Gasteiger partial charge in [0.25, 0.3) is 15.9 Å². The van der Waals surface area contributed by atoms with Crippen LogP contribution >= 0.6 is 0 Å². The summed E-state index contributed by atoms with van der Waals surface area (Å²) in [5, 5.41) is 2.72. The Balaban J connectivity index is 1.80. The van der Waals surface area contributed by atoms with Crippen LogP contribution in [-0.2, 0) is 14.8 Å². The lowest BCUT2D eigenvalue weighted by molar-refractivity contribution is 0.0934. The standard InChI is InChI=1S/C23H25N3O5S/c1-16-9-10-21(17(2)14-16)32(28,29)26-18-6-4-7-19(15-18)31-23-20(8-5-11-25-23)22(27)24-12-13-30-3/h4-11,14-15,26H,12-13H2,1-3H3,(H,24,27). The minimum absolute atomic E-state index is 0.108. The quantitative estimate of drug-likeness (QED) is 0.477. The fourth-order valence-corrected chi connectivity index (χ4v) is 4.33. The third-order valence-corrected chi connectivity index (χ3v) is 6.07. The first-order valence-electron chi connectivity index (χ1n) is 9.90. The Morgan fingerprint density at radius 2 is 1.88 bits per heavy atom. The van der Waals surface area contributed by atoms with E-state index in [1.807, 2.05) is 13.0 Å². The molecule has 32 heavy (non-hydrogen) atoms. The smallest absolute Gasteiger partial charge is 0.262 e. The molecule has 0 spiro atoms. The molecule has 0 aliphatic rings. The van der Waals surface area contributed by atoms with E-state index < -0.39 is 10.0 Å². The van der Waals surface area contributed by atoms with Gasteiger partial charge < -0.3 is 14.8 Å². The number of amides is 1. The highest BCUT2D eigenvalue weighted by Gasteiger charge is 2.18. The van der Waals surface area contributed by atoms with Gasteiger partial charge in [-0.25, -0.2) is 13.4 Å². The Hall–Kier alpha value is -3.43. The van der Waals surface area contributed by atoms with Gasteiger partial charge in [0.1, 0.15) is 11.3 Å². The molecule has 0 atom stereocenters. The number of nitrogens with zero attached hydrogens (tertiary/aromatic N) is 1. The van der Waals surface area contributed by atoms with E-state index in [1.54, 1.807) is 56.5 Å². The lowest BCUT2D eigenvalue weighted by Crippen LogP contribution is -2.27. The van der Waals surface area contributed by atoms with Crippen molar-refractivity contribution in [1.82, 2.24) is 10.3 Å². The lowest BCUT2D eigenvalue weighted by atomic mass is 10.2. The number of rotatable bonds is 9. The van der Waals surface area contributed by atoms with Gasteiger partial charge in [0.15, 0.2) is 0 Å². The van der Waals surface area contributed by atoms with Crippen LogP contribution in [0.25, 0.3) is 0 Å². The Kier molecular flexibility index (Phi) is 7.45. The average Bonchev–Trinajstić information content (AvgIpc) is 2.74. The predicted octanol–water partition coefficient (Wildman–Crippen LogP) is 3.67. The fraction of sp³-hybridized carbons (Fsp3) is 0.217. The third kappa shape index (κ3) is 5.83. The molecule has 2 N–H and O–H groups in total. The molecule has 9 heteroatoms. The molecule has 1 amide bonds. The van der Waals surface area contributed by atoms with Gasteiger partial charge in [-0.05, 0) is 49.7 Å². The molecule has 0 fully saturated rings. The number of pyridine rings is 1. The molecule has 0 saturated heterocycles. The van der Waals surface area contributed by atoms with Gasteiger partial charge in [0.05, 0.1) is 17.2 Å². The molecule has 1 aromatic heterocycles. The van der Waals surface area contributed by atoms with Crippen molar-refractivity contribution >= 4 is 21.6 Å². The minimum Gasteiger partial charge on any atom is -0.438 e. The van der Waals surface area contributed by atoms with E-state index in [9.17, 15) is 13.2 Å². The number of carbonyl (C=O) groups is 1. The average molecular weight is 456 g/mol. The number of nitrogens with one attached hydrogen (secondary N) is 2. The Morgan fingerprint density at radius 3 is 2.62 bits per heavy atom. The zero-order valence-electron chi connectivity index (χ0n) is 18.1. The first kappa shape index (κ1) is 23.2.